The number of likely N-dealkylation sites (tertiary alicyclic amines) is 1. The summed E-state index contributed by atoms with van der Waals surface area (Å²) >= 11 is 0. The van der Waals surface area contributed by atoms with E-state index < -0.39 is 11.9 Å². The van der Waals surface area contributed by atoms with Crippen molar-refractivity contribution in [2.24, 2.45) is 11.8 Å². The van der Waals surface area contributed by atoms with E-state index in [1.54, 1.807) is 12.1 Å². The minimum absolute atomic E-state index is 0.132. The lowest BCUT2D eigenvalue weighted by atomic mass is 9.72. The van der Waals surface area contributed by atoms with Crippen molar-refractivity contribution in [3.05, 3.63) is 30.3 Å². The Morgan fingerprint density at radius 2 is 1.97 bits per heavy atom. The number of nitrogens with zero attached hydrogens (tertiary/aromatic N) is 2. The molecule has 3 atom stereocenters. The predicted molar refractivity (Wildman–Crippen MR) is 116 cm³/mol. The minimum Gasteiger partial charge on any atom is -0.410 e. The number of benzene rings is 1. The molecule has 1 spiro atoms. The smallest absolute Gasteiger partial charge is 0.410 e. The zero-order valence-electron chi connectivity index (χ0n) is 18.6. The molecule has 2 saturated heterocycles. The largest absolute Gasteiger partial charge is 0.421 e. The molecule has 170 valence electrons. The maximum absolute atomic E-state index is 13.5. The molecule has 1 saturated carbocycles. The van der Waals surface area contributed by atoms with Gasteiger partial charge in [-0.15, -0.1) is 0 Å². The summed E-state index contributed by atoms with van der Waals surface area (Å²) in [5, 5.41) is 0. The van der Waals surface area contributed by atoms with Crippen LogP contribution in [0, 0.1) is 11.8 Å². The van der Waals surface area contributed by atoms with Gasteiger partial charge in [-0.25, -0.2) is 9.69 Å². The molecule has 1 aliphatic carbocycles. The number of carbonyl (C=O) groups is 2. The first-order chi connectivity index (χ1) is 15.0. The van der Waals surface area contributed by atoms with Gasteiger partial charge < -0.3 is 19.1 Å². The van der Waals surface area contributed by atoms with Gasteiger partial charge >= 0.3 is 6.09 Å². The van der Waals surface area contributed by atoms with Crippen molar-refractivity contribution < 1.29 is 23.8 Å². The molecule has 1 aromatic carbocycles. The Kier molecular flexibility index (Phi) is 6.94. The van der Waals surface area contributed by atoms with Crippen molar-refractivity contribution in [2.75, 3.05) is 33.4 Å². The van der Waals surface area contributed by atoms with Crippen LogP contribution < -0.4 is 4.74 Å². The first kappa shape index (κ1) is 22.2. The van der Waals surface area contributed by atoms with Gasteiger partial charge in [0.1, 0.15) is 5.75 Å². The van der Waals surface area contributed by atoms with Crippen LogP contribution in [-0.2, 0) is 14.3 Å². The first-order valence-electron chi connectivity index (χ1n) is 11.6. The van der Waals surface area contributed by atoms with Gasteiger partial charge in [0.2, 0.25) is 5.91 Å². The maximum atomic E-state index is 13.5. The van der Waals surface area contributed by atoms with Crippen molar-refractivity contribution in [3.8, 4) is 5.75 Å². The molecule has 3 aliphatic rings. The molecule has 1 aromatic rings. The zero-order valence-corrected chi connectivity index (χ0v) is 18.6. The second kappa shape index (κ2) is 9.67. The standard InChI is InChI=1S/C24H34N2O5/c1-3-4-12-26(23(28)31-20-8-6-5-7-9-20)22(27)19-15-18-16-24(29-13-14-30-24)11-10-21(18)25(2)17-19/h5-9,18-19,21H,3-4,10-17H2,1-2H3/t18-,19-,21-/m1/s1. The molecule has 0 bridgehead atoms. The van der Waals surface area contributed by atoms with E-state index in [1.165, 1.54) is 4.90 Å². The van der Waals surface area contributed by atoms with Gasteiger partial charge in [-0.1, -0.05) is 31.5 Å². The quantitative estimate of drug-likeness (QED) is 0.710. The summed E-state index contributed by atoms with van der Waals surface area (Å²) in [6.45, 7) is 4.38. The van der Waals surface area contributed by atoms with Crippen molar-refractivity contribution >= 4 is 12.0 Å². The fraction of sp³-hybridized carbons (Fsp3) is 0.667. The molecule has 3 fully saturated rings. The van der Waals surface area contributed by atoms with Gasteiger partial charge in [-0.2, -0.15) is 0 Å². The van der Waals surface area contributed by atoms with E-state index >= 15 is 0 Å². The molecule has 4 rings (SSSR count). The molecule has 0 N–H and O–H groups in total. The fourth-order valence-corrected chi connectivity index (χ4v) is 5.40. The van der Waals surface area contributed by atoms with Crippen LogP contribution in [0.5, 0.6) is 5.75 Å². The van der Waals surface area contributed by atoms with E-state index in [0.29, 0.717) is 44.0 Å². The Labute approximate surface area is 184 Å². The van der Waals surface area contributed by atoms with Gasteiger partial charge in [0.15, 0.2) is 5.79 Å². The molecule has 2 amide bonds. The highest BCUT2D eigenvalue weighted by Gasteiger charge is 2.49. The molecular formula is C24H34N2O5. The van der Waals surface area contributed by atoms with Gasteiger partial charge in [0, 0.05) is 32.0 Å². The van der Waals surface area contributed by atoms with Crippen LogP contribution in [0.4, 0.5) is 4.79 Å². The third-order valence-corrected chi connectivity index (χ3v) is 6.93. The summed E-state index contributed by atoms with van der Waals surface area (Å²) in [7, 11) is 2.09. The molecule has 31 heavy (non-hydrogen) atoms. The van der Waals surface area contributed by atoms with Crippen LogP contribution in [0.3, 0.4) is 0 Å². The Morgan fingerprint density at radius 3 is 2.68 bits per heavy atom. The Balaban J connectivity index is 1.46. The SMILES string of the molecule is CCCCN(C(=O)Oc1ccccc1)C(=O)[C@@H]1C[C@@H]2CC3(CC[C@H]2N(C)C1)OCCO3. The Hall–Kier alpha value is -1.96. The Bertz CT molecular complexity index is 764. The molecule has 0 aromatic heterocycles. The molecule has 2 aliphatic heterocycles. The van der Waals surface area contributed by atoms with Gasteiger partial charge in [0.05, 0.1) is 19.1 Å². The summed E-state index contributed by atoms with van der Waals surface area (Å²) in [4.78, 5) is 30.0. The molecule has 0 unspecified atom stereocenters. The second-order valence-electron chi connectivity index (χ2n) is 9.07. The topological polar surface area (TPSA) is 68.3 Å². The number of fused-ring (bicyclic) bond motifs is 1. The predicted octanol–water partition coefficient (Wildman–Crippen LogP) is 3.68. The van der Waals surface area contributed by atoms with E-state index in [9.17, 15) is 9.59 Å². The third-order valence-electron chi connectivity index (χ3n) is 6.93. The lowest BCUT2D eigenvalue weighted by Gasteiger charge is -2.49. The number of ether oxygens (including phenoxy) is 3. The van der Waals surface area contributed by atoms with Crippen molar-refractivity contribution in [1.82, 2.24) is 9.80 Å². The maximum Gasteiger partial charge on any atom is 0.421 e. The number of rotatable bonds is 5. The first-order valence-corrected chi connectivity index (χ1v) is 11.6. The number of para-hydroxylation sites is 1. The van der Waals surface area contributed by atoms with Crippen molar-refractivity contribution in [2.45, 2.75) is 57.3 Å². The molecule has 2 heterocycles. The number of piperidine rings is 1. The van der Waals surface area contributed by atoms with Crippen LogP contribution in [0.15, 0.2) is 30.3 Å². The number of hydrogen-bond acceptors (Lipinski definition) is 6. The highest BCUT2D eigenvalue weighted by Crippen LogP contribution is 2.45. The highest BCUT2D eigenvalue weighted by atomic mass is 16.7. The average molecular weight is 431 g/mol. The van der Waals surface area contributed by atoms with E-state index in [4.69, 9.17) is 14.2 Å². The zero-order chi connectivity index (χ0) is 21.8. The van der Waals surface area contributed by atoms with Gasteiger partial charge in [-0.05, 0) is 44.4 Å². The number of unbranched alkanes of at least 4 members (excludes halogenated alkanes) is 1. The Morgan fingerprint density at radius 1 is 1.23 bits per heavy atom. The van der Waals surface area contributed by atoms with Crippen molar-refractivity contribution in [1.29, 1.82) is 0 Å². The van der Waals surface area contributed by atoms with Crippen molar-refractivity contribution in [3.63, 3.8) is 0 Å². The summed E-state index contributed by atoms with van der Waals surface area (Å²) < 4.78 is 17.4. The minimum atomic E-state index is -0.586. The molecule has 7 heteroatoms. The molecular weight excluding hydrogens is 396 g/mol. The average Bonchev–Trinajstić information content (AvgIpc) is 3.21. The molecule has 0 radical (unpaired) electrons. The van der Waals surface area contributed by atoms with Crippen LogP contribution in [-0.4, -0.2) is 67.0 Å². The van der Waals surface area contributed by atoms with Crippen LogP contribution >= 0.6 is 0 Å². The summed E-state index contributed by atoms with van der Waals surface area (Å²) in [5.41, 5.74) is 0. The highest BCUT2D eigenvalue weighted by molar-refractivity contribution is 5.94. The van der Waals surface area contributed by atoms with Gasteiger partial charge in [-0.3, -0.25) is 4.79 Å². The third kappa shape index (κ3) is 4.94. The number of imide groups is 1. The monoisotopic (exact) mass is 430 g/mol. The molecule has 7 nitrogen and oxygen atoms in total. The summed E-state index contributed by atoms with van der Waals surface area (Å²) in [5.74, 6) is -0.0678. The summed E-state index contributed by atoms with van der Waals surface area (Å²) in [6, 6.07) is 9.36. The lowest BCUT2D eigenvalue weighted by Crippen LogP contribution is -2.56. The van der Waals surface area contributed by atoms with Gasteiger partial charge in [0.25, 0.3) is 0 Å². The number of amides is 2. The van der Waals surface area contributed by atoms with Crippen LogP contribution in [0.2, 0.25) is 0 Å². The van der Waals surface area contributed by atoms with Crippen LogP contribution in [0.1, 0.15) is 45.4 Å². The van der Waals surface area contributed by atoms with E-state index in [-0.39, 0.29) is 11.8 Å². The lowest BCUT2D eigenvalue weighted by molar-refractivity contribution is -0.202. The van der Waals surface area contributed by atoms with E-state index in [2.05, 4.69) is 11.9 Å². The summed E-state index contributed by atoms with van der Waals surface area (Å²) in [6.07, 6.45) is 4.56. The number of carbonyl (C=O) groups excluding carboxylic acids is 2. The number of hydrogen-bond donors (Lipinski definition) is 0. The fourth-order valence-electron chi connectivity index (χ4n) is 5.40. The van der Waals surface area contributed by atoms with E-state index in [0.717, 1.165) is 38.5 Å². The normalized spacial score (nSPS) is 27.6. The second-order valence-corrected chi connectivity index (χ2v) is 9.07. The van der Waals surface area contributed by atoms with Crippen LogP contribution in [0.25, 0.3) is 0 Å². The van der Waals surface area contributed by atoms with E-state index in [1.807, 2.05) is 25.1 Å².